The highest BCUT2D eigenvalue weighted by Crippen LogP contribution is 2.64. The fourth-order valence-corrected chi connectivity index (χ4v) is 7.85. The van der Waals surface area contributed by atoms with E-state index in [1.165, 1.54) is 55.6 Å². The molecule has 0 aliphatic heterocycles. The Hall–Kier alpha value is -3.92. The number of aliphatic hydroxyl groups is 1. The lowest BCUT2D eigenvalue weighted by atomic mass is 9.50. The maximum Gasteiger partial charge on any atom is 0.305 e. The first-order valence-electron chi connectivity index (χ1n) is 16.2. The monoisotopic (exact) mass is 592 g/mol. The zero-order valence-electron chi connectivity index (χ0n) is 27.9. The molecule has 0 saturated carbocycles. The SMILES string of the molecule is C=C(C)C1(C(/C=C\C)=C(\BOC(C)(C)C(C)(C)O)CC)c2ccccc2C2(c3ccccc3-c3ccccc32)c2ccccc21. The summed E-state index contributed by atoms with van der Waals surface area (Å²) in [7, 11) is 0.406. The highest BCUT2D eigenvalue weighted by atomic mass is 16.5. The molecule has 3 heteroatoms. The molecule has 0 aromatic heterocycles. The molecule has 0 saturated heterocycles. The molecule has 2 aliphatic rings. The Labute approximate surface area is 270 Å². The van der Waals surface area contributed by atoms with Crippen molar-refractivity contribution in [1.82, 2.24) is 0 Å². The molecule has 0 bridgehead atoms. The second-order valence-electron chi connectivity index (χ2n) is 13.7. The summed E-state index contributed by atoms with van der Waals surface area (Å²) < 4.78 is 6.58. The molecule has 6 rings (SSSR count). The number of rotatable bonds is 8. The number of hydrogen-bond acceptors (Lipinski definition) is 2. The maximum atomic E-state index is 10.9. The predicted octanol–water partition coefficient (Wildman–Crippen LogP) is 9.38. The second-order valence-corrected chi connectivity index (χ2v) is 13.7. The van der Waals surface area contributed by atoms with Crippen molar-refractivity contribution in [2.24, 2.45) is 0 Å². The first kappa shape index (κ1) is 31.1. The van der Waals surface area contributed by atoms with E-state index in [1.807, 2.05) is 27.7 Å². The van der Waals surface area contributed by atoms with Crippen LogP contribution in [0.1, 0.15) is 88.3 Å². The van der Waals surface area contributed by atoms with E-state index in [9.17, 15) is 5.11 Å². The lowest BCUT2D eigenvalue weighted by Crippen LogP contribution is -2.48. The highest BCUT2D eigenvalue weighted by molar-refractivity contribution is 6.38. The molecule has 2 aliphatic carbocycles. The minimum absolute atomic E-state index is 0.406. The zero-order chi connectivity index (χ0) is 32.2. The molecule has 1 N–H and O–H groups in total. The van der Waals surface area contributed by atoms with Gasteiger partial charge < -0.3 is 9.76 Å². The molecular weight excluding hydrogens is 547 g/mol. The van der Waals surface area contributed by atoms with Crippen LogP contribution >= 0.6 is 0 Å². The molecule has 0 atom stereocenters. The van der Waals surface area contributed by atoms with Crippen molar-refractivity contribution in [3.8, 4) is 11.1 Å². The van der Waals surface area contributed by atoms with Gasteiger partial charge in [-0.2, -0.15) is 0 Å². The van der Waals surface area contributed by atoms with Gasteiger partial charge in [-0.1, -0.05) is 134 Å². The molecule has 4 aromatic rings. The predicted molar refractivity (Wildman–Crippen MR) is 190 cm³/mol. The zero-order valence-corrected chi connectivity index (χ0v) is 27.9. The molecule has 0 heterocycles. The van der Waals surface area contributed by atoms with Gasteiger partial charge in [0.1, 0.15) is 0 Å². The van der Waals surface area contributed by atoms with E-state index in [1.54, 1.807) is 0 Å². The number of allylic oxidation sites excluding steroid dienone is 5. The third-order valence-corrected chi connectivity index (χ3v) is 10.7. The third-order valence-electron chi connectivity index (χ3n) is 10.7. The lowest BCUT2D eigenvalue weighted by Gasteiger charge is -2.51. The Morgan fingerprint density at radius 3 is 1.58 bits per heavy atom. The van der Waals surface area contributed by atoms with Crippen molar-refractivity contribution >= 4 is 7.48 Å². The standard InChI is InChI=1S/C42H45BO2/c1-9-19-37(38(10-2)43-45-40(7,8)39(5,6)44)41(28(3)4)33-24-15-17-26-35(33)42(36-27-18-16-25-34(36)41)31-22-13-11-20-29(31)30-21-12-14-23-32(30)42/h9,11-27,43-44H,3,10H2,1-2,4-8H3/b19-9-,38-37-. The summed E-state index contributed by atoms with van der Waals surface area (Å²) in [5.74, 6) is 0. The average Bonchev–Trinajstić information content (AvgIpc) is 3.32. The molecule has 0 radical (unpaired) electrons. The Kier molecular flexibility index (Phi) is 7.71. The van der Waals surface area contributed by atoms with Gasteiger partial charge in [0.2, 0.25) is 0 Å². The molecule has 0 fully saturated rings. The summed E-state index contributed by atoms with van der Waals surface area (Å²) in [6.45, 7) is 18.8. The Bertz CT molecular complexity index is 1750. The van der Waals surface area contributed by atoms with Crippen molar-refractivity contribution in [3.63, 3.8) is 0 Å². The topological polar surface area (TPSA) is 29.5 Å². The number of benzene rings is 4. The lowest BCUT2D eigenvalue weighted by molar-refractivity contribution is -0.0897. The van der Waals surface area contributed by atoms with Crippen LogP contribution in [0.15, 0.2) is 132 Å². The van der Waals surface area contributed by atoms with E-state index in [-0.39, 0.29) is 0 Å². The highest BCUT2D eigenvalue weighted by Gasteiger charge is 2.56. The van der Waals surface area contributed by atoms with E-state index in [0.29, 0.717) is 7.48 Å². The van der Waals surface area contributed by atoms with Gasteiger partial charge in [0.15, 0.2) is 0 Å². The van der Waals surface area contributed by atoms with Crippen LogP contribution in [0.3, 0.4) is 0 Å². The first-order chi connectivity index (χ1) is 21.5. The molecule has 4 aromatic carbocycles. The van der Waals surface area contributed by atoms with Crippen molar-refractivity contribution < 1.29 is 9.76 Å². The summed E-state index contributed by atoms with van der Waals surface area (Å²) in [4.78, 5) is 0. The van der Waals surface area contributed by atoms with Gasteiger partial charge in [-0.15, -0.1) is 0 Å². The van der Waals surface area contributed by atoms with Gasteiger partial charge in [0, 0.05) is 0 Å². The smallest absolute Gasteiger partial charge is 0.305 e. The Morgan fingerprint density at radius 2 is 1.18 bits per heavy atom. The number of hydrogen-bond donors (Lipinski definition) is 1. The minimum Gasteiger partial charge on any atom is -0.427 e. The minimum atomic E-state index is -1.00. The Morgan fingerprint density at radius 1 is 0.756 bits per heavy atom. The molecular formula is C42H45BO2. The molecule has 0 amide bonds. The fourth-order valence-electron chi connectivity index (χ4n) is 7.85. The summed E-state index contributed by atoms with van der Waals surface area (Å²) in [5, 5.41) is 10.9. The van der Waals surface area contributed by atoms with Gasteiger partial charge in [-0.25, -0.2) is 0 Å². The van der Waals surface area contributed by atoms with Crippen LogP contribution in [-0.4, -0.2) is 23.8 Å². The quantitative estimate of drug-likeness (QED) is 0.111. The van der Waals surface area contributed by atoms with Gasteiger partial charge in [-0.3, -0.25) is 0 Å². The van der Waals surface area contributed by atoms with E-state index in [2.05, 4.69) is 130 Å². The second kappa shape index (κ2) is 11.2. The molecule has 2 nitrogen and oxygen atoms in total. The summed E-state index contributed by atoms with van der Waals surface area (Å²) in [6, 6.07) is 35.9. The van der Waals surface area contributed by atoms with Crippen molar-refractivity contribution in [2.45, 2.75) is 76.9 Å². The molecule has 1 spiro atoms. The Balaban J connectivity index is 1.74. The summed E-state index contributed by atoms with van der Waals surface area (Å²) >= 11 is 0. The maximum absolute atomic E-state index is 10.9. The molecule has 0 unspecified atom stereocenters. The van der Waals surface area contributed by atoms with Crippen molar-refractivity contribution in [2.75, 3.05) is 0 Å². The van der Waals surface area contributed by atoms with Gasteiger partial charge >= 0.3 is 7.48 Å². The van der Waals surface area contributed by atoms with E-state index in [4.69, 9.17) is 11.2 Å². The third kappa shape index (κ3) is 4.31. The van der Waals surface area contributed by atoms with Gasteiger partial charge in [0.25, 0.3) is 0 Å². The van der Waals surface area contributed by atoms with Crippen LogP contribution in [0.4, 0.5) is 0 Å². The van der Waals surface area contributed by atoms with Crippen LogP contribution in [-0.2, 0) is 15.5 Å². The normalized spacial score (nSPS) is 16.4. The summed E-state index contributed by atoms with van der Waals surface area (Å²) in [5.41, 5.74) is 10.9. The van der Waals surface area contributed by atoms with Crippen molar-refractivity contribution in [1.29, 1.82) is 0 Å². The largest absolute Gasteiger partial charge is 0.427 e. The fraction of sp³-hybridized carbons (Fsp3) is 0.286. The average molecular weight is 593 g/mol. The van der Waals surface area contributed by atoms with Crippen molar-refractivity contribution in [3.05, 3.63) is 166 Å². The van der Waals surface area contributed by atoms with E-state index < -0.39 is 22.0 Å². The molecule has 45 heavy (non-hydrogen) atoms. The van der Waals surface area contributed by atoms with Crippen LogP contribution in [0, 0.1) is 0 Å². The van der Waals surface area contributed by atoms with Gasteiger partial charge in [0.05, 0.1) is 22.0 Å². The first-order valence-corrected chi connectivity index (χ1v) is 16.2. The van der Waals surface area contributed by atoms with Crippen LogP contribution in [0.5, 0.6) is 0 Å². The van der Waals surface area contributed by atoms with E-state index >= 15 is 0 Å². The molecule has 228 valence electrons. The number of fused-ring (bicyclic) bond motifs is 9. The van der Waals surface area contributed by atoms with E-state index in [0.717, 1.165) is 12.0 Å². The van der Waals surface area contributed by atoms with Crippen LogP contribution in [0.25, 0.3) is 11.1 Å². The summed E-state index contributed by atoms with van der Waals surface area (Å²) in [6.07, 6.45) is 5.22. The van der Waals surface area contributed by atoms with Crippen LogP contribution in [0.2, 0.25) is 0 Å². The van der Waals surface area contributed by atoms with Crippen LogP contribution < -0.4 is 0 Å². The van der Waals surface area contributed by atoms with Gasteiger partial charge in [-0.05, 0) is 98.0 Å².